The number of aliphatic imine (C=N–C) groups is 1. The van der Waals surface area contributed by atoms with E-state index < -0.39 is 0 Å². The maximum atomic E-state index is 5.90. The number of rotatable bonds is 5. The van der Waals surface area contributed by atoms with E-state index in [2.05, 4.69) is 10.3 Å². The summed E-state index contributed by atoms with van der Waals surface area (Å²) < 4.78 is 0. The van der Waals surface area contributed by atoms with Crippen LogP contribution in [-0.4, -0.2) is 19.0 Å². The summed E-state index contributed by atoms with van der Waals surface area (Å²) in [5, 5.41) is 3.27. The third-order valence-corrected chi connectivity index (χ3v) is 4.70. The summed E-state index contributed by atoms with van der Waals surface area (Å²) in [6.45, 7) is 2.01. The molecular weight excluding hydrogens is 198 g/mol. The van der Waals surface area contributed by atoms with Crippen molar-refractivity contribution in [2.45, 2.75) is 44.9 Å². The average molecular weight is 221 g/mol. The van der Waals surface area contributed by atoms with Gasteiger partial charge in [0.25, 0.3) is 0 Å². The van der Waals surface area contributed by atoms with Gasteiger partial charge >= 0.3 is 0 Å². The van der Waals surface area contributed by atoms with Crippen molar-refractivity contribution in [1.82, 2.24) is 5.32 Å². The van der Waals surface area contributed by atoms with Gasteiger partial charge in [0.05, 0.1) is 0 Å². The normalized spacial score (nSPS) is 28.6. The molecule has 0 radical (unpaired) electrons. The Morgan fingerprint density at radius 3 is 2.50 bits per heavy atom. The fourth-order valence-electron chi connectivity index (χ4n) is 2.80. The van der Waals surface area contributed by atoms with Crippen molar-refractivity contribution >= 4 is 5.96 Å². The van der Waals surface area contributed by atoms with Gasteiger partial charge in [0.1, 0.15) is 0 Å². The summed E-state index contributed by atoms with van der Waals surface area (Å²) in [5.41, 5.74) is 6.48. The zero-order chi connectivity index (χ0) is 11.0. The molecule has 0 saturated heterocycles. The average Bonchev–Trinajstić information content (AvgIpc) is 3.04. The molecule has 3 saturated carbocycles. The third kappa shape index (κ3) is 2.18. The minimum absolute atomic E-state index is 0.586. The highest BCUT2D eigenvalue weighted by atomic mass is 15.1. The summed E-state index contributed by atoms with van der Waals surface area (Å²) in [4.78, 5) is 4.53. The van der Waals surface area contributed by atoms with Crippen molar-refractivity contribution < 1.29 is 0 Å². The quantitative estimate of drug-likeness (QED) is 0.550. The zero-order valence-corrected chi connectivity index (χ0v) is 10.0. The van der Waals surface area contributed by atoms with Gasteiger partial charge in [-0.05, 0) is 55.8 Å². The Morgan fingerprint density at radius 1 is 1.25 bits per heavy atom. The first kappa shape index (κ1) is 10.4. The molecule has 3 rings (SSSR count). The molecule has 0 aromatic heterocycles. The Hall–Kier alpha value is -0.730. The van der Waals surface area contributed by atoms with Crippen molar-refractivity contribution in [2.24, 2.45) is 28.0 Å². The molecule has 0 aromatic rings. The van der Waals surface area contributed by atoms with Gasteiger partial charge in [-0.25, -0.2) is 0 Å². The molecule has 3 nitrogen and oxygen atoms in total. The number of nitrogens with one attached hydrogen (secondary N) is 1. The van der Waals surface area contributed by atoms with Crippen molar-refractivity contribution in [3.63, 3.8) is 0 Å². The van der Waals surface area contributed by atoms with Crippen LogP contribution in [0, 0.1) is 17.3 Å². The molecule has 3 N–H and O–H groups in total. The molecular formula is C13H23N3. The van der Waals surface area contributed by atoms with Crippen molar-refractivity contribution in [3.8, 4) is 0 Å². The van der Waals surface area contributed by atoms with Gasteiger partial charge in [0.15, 0.2) is 5.96 Å². The molecule has 3 aliphatic rings. The molecule has 0 atom stereocenters. The van der Waals surface area contributed by atoms with Gasteiger partial charge in [-0.2, -0.15) is 0 Å². The van der Waals surface area contributed by atoms with Gasteiger partial charge in [-0.1, -0.05) is 6.42 Å². The van der Waals surface area contributed by atoms with Crippen LogP contribution in [0.2, 0.25) is 0 Å². The third-order valence-electron chi connectivity index (χ3n) is 4.70. The highest BCUT2D eigenvalue weighted by Gasteiger charge is 2.53. The number of guanidine groups is 1. The lowest BCUT2D eigenvalue weighted by molar-refractivity contribution is 0.315. The topological polar surface area (TPSA) is 50.4 Å². The van der Waals surface area contributed by atoms with Gasteiger partial charge in [0.2, 0.25) is 0 Å². The van der Waals surface area contributed by atoms with Crippen LogP contribution in [0.25, 0.3) is 0 Å². The summed E-state index contributed by atoms with van der Waals surface area (Å²) in [5.74, 6) is 2.52. The lowest BCUT2D eigenvalue weighted by Crippen LogP contribution is -2.37. The van der Waals surface area contributed by atoms with E-state index in [4.69, 9.17) is 5.73 Å². The first-order chi connectivity index (χ1) is 7.78. The van der Waals surface area contributed by atoms with Crippen molar-refractivity contribution in [3.05, 3.63) is 0 Å². The van der Waals surface area contributed by atoms with Crippen LogP contribution in [0.1, 0.15) is 44.9 Å². The van der Waals surface area contributed by atoms with E-state index in [9.17, 15) is 0 Å². The predicted molar refractivity (Wildman–Crippen MR) is 66.2 cm³/mol. The second kappa shape index (κ2) is 3.94. The molecule has 0 aliphatic heterocycles. The Labute approximate surface area is 97.9 Å². The molecule has 3 fully saturated rings. The van der Waals surface area contributed by atoms with Crippen LogP contribution in [-0.2, 0) is 0 Å². The molecule has 16 heavy (non-hydrogen) atoms. The highest BCUT2D eigenvalue weighted by Crippen LogP contribution is 2.61. The molecule has 90 valence electrons. The largest absolute Gasteiger partial charge is 0.370 e. The van der Waals surface area contributed by atoms with Crippen LogP contribution in [0.4, 0.5) is 0 Å². The summed E-state index contributed by atoms with van der Waals surface area (Å²) in [6, 6.07) is 0. The summed E-state index contributed by atoms with van der Waals surface area (Å²) >= 11 is 0. The summed E-state index contributed by atoms with van der Waals surface area (Å²) in [6.07, 6.45) is 9.77. The van der Waals surface area contributed by atoms with Crippen molar-refractivity contribution in [2.75, 3.05) is 13.1 Å². The second-order valence-electron chi connectivity index (χ2n) is 6.02. The molecule has 0 amide bonds. The van der Waals surface area contributed by atoms with E-state index >= 15 is 0 Å². The molecule has 0 heterocycles. The first-order valence-corrected chi connectivity index (χ1v) is 6.82. The van der Waals surface area contributed by atoms with Crippen LogP contribution in [0.5, 0.6) is 0 Å². The monoisotopic (exact) mass is 221 g/mol. The standard InChI is InChI=1S/C13H23N3/c14-12(15-8-10-2-1-3-10)16-9-13(6-7-13)11-4-5-11/h10-11H,1-9H2,(H3,14,15,16). The van der Waals surface area contributed by atoms with E-state index in [1.54, 1.807) is 0 Å². The molecule has 0 unspecified atom stereocenters. The van der Waals surface area contributed by atoms with E-state index in [0.29, 0.717) is 11.4 Å². The summed E-state index contributed by atoms with van der Waals surface area (Å²) in [7, 11) is 0. The molecule has 3 heteroatoms. The van der Waals surface area contributed by atoms with Crippen LogP contribution < -0.4 is 11.1 Å². The van der Waals surface area contributed by atoms with E-state index in [-0.39, 0.29) is 0 Å². The van der Waals surface area contributed by atoms with Crippen LogP contribution >= 0.6 is 0 Å². The Bertz CT molecular complexity index is 286. The highest BCUT2D eigenvalue weighted by molar-refractivity contribution is 5.77. The second-order valence-corrected chi connectivity index (χ2v) is 6.02. The van der Waals surface area contributed by atoms with E-state index in [0.717, 1.165) is 24.9 Å². The minimum atomic E-state index is 0.586. The number of hydrogen-bond donors (Lipinski definition) is 2. The van der Waals surface area contributed by atoms with Crippen molar-refractivity contribution in [1.29, 1.82) is 0 Å². The van der Waals surface area contributed by atoms with E-state index in [1.165, 1.54) is 44.9 Å². The Balaban J connectivity index is 1.41. The molecule has 0 spiro atoms. The van der Waals surface area contributed by atoms with Crippen LogP contribution in [0.15, 0.2) is 4.99 Å². The maximum absolute atomic E-state index is 5.90. The molecule has 0 aromatic carbocycles. The fourth-order valence-corrected chi connectivity index (χ4v) is 2.80. The van der Waals surface area contributed by atoms with E-state index in [1.807, 2.05) is 0 Å². The number of nitrogens with zero attached hydrogens (tertiary/aromatic N) is 1. The predicted octanol–water partition coefficient (Wildman–Crippen LogP) is 1.88. The molecule has 0 bridgehead atoms. The van der Waals surface area contributed by atoms with Gasteiger partial charge < -0.3 is 11.1 Å². The number of hydrogen-bond acceptors (Lipinski definition) is 1. The van der Waals surface area contributed by atoms with Gasteiger partial charge in [-0.15, -0.1) is 0 Å². The first-order valence-electron chi connectivity index (χ1n) is 6.82. The van der Waals surface area contributed by atoms with Gasteiger partial charge in [0, 0.05) is 13.1 Å². The molecule has 3 aliphatic carbocycles. The Kier molecular flexibility index (Phi) is 2.56. The van der Waals surface area contributed by atoms with Gasteiger partial charge in [-0.3, -0.25) is 4.99 Å². The van der Waals surface area contributed by atoms with Crippen LogP contribution in [0.3, 0.4) is 0 Å². The smallest absolute Gasteiger partial charge is 0.188 e. The lowest BCUT2D eigenvalue weighted by atomic mass is 9.85. The minimum Gasteiger partial charge on any atom is -0.370 e. The number of nitrogens with two attached hydrogens (primary N) is 1. The SMILES string of the molecule is NC(=NCC1(C2CC2)CC1)NCC1CCC1. The lowest BCUT2D eigenvalue weighted by Gasteiger charge is -2.25. The fraction of sp³-hybridized carbons (Fsp3) is 0.923. The maximum Gasteiger partial charge on any atom is 0.188 e. The Morgan fingerprint density at radius 2 is 2.00 bits per heavy atom. The zero-order valence-electron chi connectivity index (χ0n) is 10.0.